The topological polar surface area (TPSA) is 24.9 Å². The van der Waals surface area contributed by atoms with Gasteiger partial charge in [-0.15, -0.1) is 0 Å². The van der Waals surface area contributed by atoms with Crippen LogP contribution in [0.15, 0.2) is 12.3 Å². The van der Waals surface area contributed by atoms with Crippen LogP contribution in [0.1, 0.15) is 30.1 Å². The van der Waals surface area contributed by atoms with Gasteiger partial charge in [0.05, 0.1) is 0 Å². The second-order valence-electron chi connectivity index (χ2n) is 3.50. The highest BCUT2D eigenvalue weighted by Crippen LogP contribution is 2.28. The van der Waals surface area contributed by atoms with Crippen LogP contribution < -0.4 is 5.32 Å². The van der Waals surface area contributed by atoms with Crippen molar-refractivity contribution in [1.82, 2.24) is 10.3 Å². The smallest absolute Gasteiger partial charge is 0.0487 e. The van der Waals surface area contributed by atoms with Gasteiger partial charge in [-0.1, -0.05) is 11.6 Å². The van der Waals surface area contributed by atoms with Gasteiger partial charge in [0.1, 0.15) is 0 Å². The molecule has 2 rings (SSSR count). The number of nitrogens with zero attached hydrogens (tertiary/aromatic N) is 1. The van der Waals surface area contributed by atoms with Gasteiger partial charge in [-0.3, -0.25) is 4.98 Å². The van der Waals surface area contributed by atoms with Crippen LogP contribution in [0, 0.1) is 6.92 Å². The van der Waals surface area contributed by atoms with Gasteiger partial charge in [-0.2, -0.15) is 0 Å². The molecule has 0 bridgehead atoms. The summed E-state index contributed by atoms with van der Waals surface area (Å²) >= 11 is 6.13. The van der Waals surface area contributed by atoms with E-state index in [0.717, 1.165) is 22.8 Å². The molecule has 1 saturated heterocycles. The van der Waals surface area contributed by atoms with E-state index in [1.165, 1.54) is 12.8 Å². The molecule has 1 aromatic rings. The summed E-state index contributed by atoms with van der Waals surface area (Å²) in [6.45, 7) is 3.05. The summed E-state index contributed by atoms with van der Waals surface area (Å²) in [5.74, 6) is 0. The molecule has 1 fully saturated rings. The summed E-state index contributed by atoms with van der Waals surface area (Å²) in [7, 11) is 0. The van der Waals surface area contributed by atoms with Crippen molar-refractivity contribution in [2.24, 2.45) is 0 Å². The predicted octanol–water partition coefficient (Wildman–Crippen LogP) is 2.47. The third-order valence-electron chi connectivity index (χ3n) is 2.45. The van der Waals surface area contributed by atoms with E-state index in [-0.39, 0.29) is 0 Å². The van der Waals surface area contributed by atoms with Gasteiger partial charge in [0.15, 0.2) is 0 Å². The number of nitrogens with one attached hydrogen (secondary N) is 1. The Labute approximate surface area is 83.3 Å². The Morgan fingerprint density at radius 2 is 2.46 bits per heavy atom. The lowest BCUT2D eigenvalue weighted by Crippen LogP contribution is -2.13. The third-order valence-corrected chi connectivity index (χ3v) is 2.78. The highest BCUT2D eigenvalue weighted by atomic mass is 35.5. The first-order chi connectivity index (χ1) is 6.27. The van der Waals surface area contributed by atoms with Gasteiger partial charge in [0, 0.05) is 28.5 Å². The van der Waals surface area contributed by atoms with E-state index in [2.05, 4.69) is 10.3 Å². The Morgan fingerprint density at radius 3 is 3.08 bits per heavy atom. The Hall–Kier alpha value is -0.600. The largest absolute Gasteiger partial charge is 0.310 e. The average Bonchev–Trinajstić information content (AvgIpc) is 2.56. The van der Waals surface area contributed by atoms with Crippen molar-refractivity contribution in [3.05, 3.63) is 28.5 Å². The van der Waals surface area contributed by atoms with Crippen molar-refractivity contribution in [1.29, 1.82) is 0 Å². The average molecular weight is 197 g/mol. The lowest BCUT2D eigenvalue weighted by molar-refractivity contribution is 0.645. The van der Waals surface area contributed by atoms with Gasteiger partial charge in [-0.05, 0) is 32.4 Å². The molecule has 1 aliphatic rings. The molecule has 3 heteroatoms. The molecule has 13 heavy (non-hydrogen) atoms. The lowest BCUT2D eigenvalue weighted by Gasteiger charge is -2.11. The van der Waals surface area contributed by atoms with E-state index in [0.29, 0.717) is 6.04 Å². The Kier molecular flexibility index (Phi) is 2.51. The molecule has 1 N–H and O–H groups in total. The first-order valence-corrected chi connectivity index (χ1v) is 5.00. The van der Waals surface area contributed by atoms with E-state index in [1.54, 1.807) is 0 Å². The van der Waals surface area contributed by atoms with E-state index in [4.69, 9.17) is 11.6 Å². The Morgan fingerprint density at radius 1 is 1.62 bits per heavy atom. The van der Waals surface area contributed by atoms with Crippen LogP contribution in [0.2, 0.25) is 5.02 Å². The summed E-state index contributed by atoms with van der Waals surface area (Å²) in [5.41, 5.74) is 2.12. The van der Waals surface area contributed by atoms with Gasteiger partial charge in [-0.25, -0.2) is 0 Å². The molecule has 0 radical (unpaired) electrons. The van der Waals surface area contributed by atoms with Gasteiger partial charge in [0.25, 0.3) is 0 Å². The van der Waals surface area contributed by atoms with Gasteiger partial charge in [0.2, 0.25) is 0 Å². The fraction of sp³-hybridized carbons (Fsp3) is 0.500. The lowest BCUT2D eigenvalue weighted by atomic mass is 10.1. The second-order valence-corrected chi connectivity index (χ2v) is 3.90. The SMILES string of the molecule is Cc1cc(Cl)c([C@H]2CCCN2)cn1. The van der Waals surface area contributed by atoms with Crippen LogP contribution in [-0.2, 0) is 0 Å². The molecular formula is C10H13ClN2. The van der Waals surface area contributed by atoms with Crippen molar-refractivity contribution >= 4 is 11.6 Å². The number of hydrogen-bond acceptors (Lipinski definition) is 2. The number of halogens is 1. The second kappa shape index (κ2) is 3.64. The minimum atomic E-state index is 0.417. The van der Waals surface area contributed by atoms with Crippen molar-refractivity contribution in [2.45, 2.75) is 25.8 Å². The summed E-state index contributed by atoms with van der Waals surface area (Å²) in [6.07, 6.45) is 4.29. The van der Waals surface area contributed by atoms with Gasteiger partial charge >= 0.3 is 0 Å². The zero-order chi connectivity index (χ0) is 9.26. The molecule has 2 nitrogen and oxygen atoms in total. The third kappa shape index (κ3) is 1.84. The maximum absolute atomic E-state index is 6.13. The molecule has 0 saturated carbocycles. The highest BCUT2D eigenvalue weighted by molar-refractivity contribution is 6.31. The van der Waals surface area contributed by atoms with Crippen LogP contribution in [0.4, 0.5) is 0 Å². The Bertz CT molecular complexity index is 306. The van der Waals surface area contributed by atoms with Crippen LogP contribution in [0.5, 0.6) is 0 Å². The fourth-order valence-electron chi connectivity index (χ4n) is 1.74. The van der Waals surface area contributed by atoms with Gasteiger partial charge < -0.3 is 5.32 Å². The predicted molar refractivity (Wildman–Crippen MR) is 54.0 cm³/mol. The van der Waals surface area contributed by atoms with E-state index in [9.17, 15) is 0 Å². The number of rotatable bonds is 1. The maximum Gasteiger partial charge on any atom is 0.0487 e. The first-order valence-electron chi connectivity index (χ1n) is 4.63. The minimum absolute atomic E-state index is 0.417. The quantitative estimate of drug-likeness (QED) is 0.747. The number of aromatic nitrogens is 1. The van der Waals surface area contributed by atoms with Crippen LogP contribution in [0.25, 0.3) is 0 Å². The van der Waals surface area contributed by atoms with Crippen LogP contribution in [-0.4, -0.2) is 11.5 Å². The normalized spacial score (nSPS) is 22.2. The minimum Gasteiger partial charge on any atom is -0.310 e. The molecule has 0 aliphatic carbocycles. The number of hydrogen-bond donors (Lipinski definition) is 1. The maximum atomic E-state index is 6.13. The molecule has 0 spiro atoms. The zero-order valence-electron chi connectivity index (χ0n) is 7.68. The molecule has 70 valence electrons. The summed E-state index contributed by atoms with van der Waals surface area (Å²) in [5, 5.41) is 4.25. The molecule has 1 aliphatic heterocycles. The first kappa shape index (κ1) is 8.97. The number of aryl methyl sites for hydroxylation is 1. The van der Waals surface area contributed by atoms with E-state index >= 15 is 0 Å². The highest BCUT2D eigenvalue weighted by Gasteiger charge is 2.18. The summed E-state index contributed by atoms with van der Waals surface area (Å²) in [6, 6.07) is 2.34. The van der Waals surface area contributed by atoms with E-state index in [1.807, 2.05) is 19.2 Å². The zero-order valence-corrected chi connectivity index (χ0v) is 8.43. The molecule has 1 aromatic heterocycles. The van der Waals surface area contributed by atoms with Crippen molar-refractivity contribution in [3.8, 4) is 0 Å². The molecule has 1 atom stereocenters. The Balaban J connectivity index is 2.29. The molecular weight excluding hydrogens is 184 g/mol. The van der Waals surface area contributed by atoms with Crippen molar-refractivity contribution in [3.63, 3.8) is 0 Å². The molecule has 0 aromatic carbocycles. The summed E-state index contributed by atoms with van der Waals surface area (Å²) in [4.78, 5) is 4.26. The van der Waals surface area contributed by atoms with Crippen LogP contribution >= 0.6 is 11.6 Å². The molecule has 0 unspecified atom stereocenters. The van der Waals surface area contributed by atoms with Crippen molar-refractivity contribution < 1.29 is 0 Å². The van der Waals surface area contributed by atoms with Crippen molar-refractivity contribution in [2.75, 3.05) is 6.54 Å². The monoisotopic (exact) mass is 196 g/mol. The fourth-order valence-corrected chi connectivity index (χ4v) is 2.08. The molecule has 2 heterocycles. The number of pyridine rings is 1. The van der Waals surface area contributed by atoms with E-state index < -0.39 is 0 Å². The molecule has 0 amide bonds. The summed E-state index contributed by atoms with van der Waals surface area (Å²) < 4.78 is 0. The van der Waals surface area contributed by atoms with Crippen LogP contribution in [0.3, 0.4) is 0 Å². The standard InChI is InChI=1S/C10H13ClN2/c1-7-5-9(11)8(6-13-7)10-3-2-4-12-10/h5-6,10,12H,2-4H2,1H3/t10-/m1/s1.